The molecule has 0 heterocycles. The zero-order valence-corrected chi connectivity index (χ0v) is 10.4. The minimum Gasteiger partial charge on any atom is -0.0912 e. The van der Waals surface area contributed by atoms with E-state index in [2.05, 4.69) is 18.7 Å². The summed E-state index contributed by atoms with van der Waals surface area (Å²) in [5.41, 5.74) is 4.46. The van der Waals surface area contributed by atoms with E-state index in [-0.39, 0.29) is 0 Å². The van der Waals surface area contributed by atoms with Gasteiger partial charge in [0.05, 0.1) is 0 Å². The summed E-state index contributed by atoms with van der Waals surface area (Å²) in [6.07, 6.45) is 18.2. The molecule has 0 unspecified atom stereocenters. The molecule has 0 heteroatoms. The molecule has 0 aliphatic heterocycles. The molecule has 0 aromatic heterocycles. The second kappa shape index (κ2) is 6.08. The van der Waals surface area contributed by atoms with Gasteiger partial charge in [0.15, 0.2) is 0 Å². The van der Waals surface area contributed by atoms with Crippen LogP contribution in [-0.2, 0) is 0 Å². The summed E-state index contributed by atoms with van der Waals surface area (Å²) in [6.45, 7) is 4.35. The van der Waals surface area contributed by atoms with Crippen molar-refractivity contribution in [2.24, 2.45) is 0 Å². The van der Waals surface area contributed by atoms with E-state index in [0.29, 0.717) is 0 Å². The second-order valence-electron chi connectivity index (χ2n) is 5.14. The van der Waals surface area contributed by atoms with E-state index in [1.54, 1.807) is 11.1 Å². The fourth-order valence-electron chi connectivity index (χ4n) is 2.78. The molecule has 88 valence electrons. The van der Waals surface area contributed by atoms with E-state index in [9.17, 15) is 0 Å². The van der Waals surface area contributed by atoms with Crippen LogP contribution in [0, 0.1) is 0 Å². The van der Waals surface area contributed by atoms with E-state index in [0.717, 1.165) is 0 Å². The van der Waals surface area contributed by atoms with Crippen LogP contribution in [0.3, 0.4) is 0 Å². The summed E-state index contributed by atoms with van der Waals surface area (Å²) in [7, 11) is 0. The summed E-state index contributed by atoms with van der Waals surface area (Å²) in [5.74, 6) is 0. The molecule has 0 saturated heterocycles. The molecule has 0 radical (unpaired) electrons. The Morgan fingerprint density at radius 1 is 0.750 bits per heavy atom. The second-order valence-corrected chi connectivity index (χ2v) is 5.14. The van der Waals surface area contributed by atoms with Crippen molar-refractivity contribution in [3.63, 3.8) is 0 Å². The lowest BCUT2D eigenvalue weighted by Gasteiger charge is -2.12. The van der Waals surface area contributed by atoms with Crippen molar-refractivity contribution < 1.29 is 0 Å². The first-order valence-corrected chi connectivity index (χ1v) is 6.95. The Labute approximate surface area is 100 Å². The van der Waals surface area contributed by atoms with Crippen LogP contribution in [0.15, 0.2) is 35.5 Å². The Morgan fingerprint density at radius 3 is 1.75 bits per heavy atom. The molecule has 0 bridgehead atoms. The molecule has 0 aromatic carbocycles. The maximum absolute atomic E-state index is 4.35. The van der Waals surface area contributed by atoms with Gasteiger partial charge in [-0.05, 0) is 68.1 Å². The van der Waals surface area contributed by atoms with Crippen LogP contribution >= 0.6 is 0 Å². The quantitative estimate of drug-likeness (QED) is 0.585. The van der Waals surface area contributed by atoms with Gasteiger partial charge in [0.2, 0.25) is 0 Å². The summed E-state index contributed by atoms with van der Waals surface area (Å²) in [5, 5.41) is 0. The van der Waals surface area contributed by atoms with Crippen molar-refractivity contribution in [2.75, 3.05) is 0 Å². The predicted octanol–water partition coefficient (Wildman–Crippen LogP) is 5.32. The van der Waals surface area contributed by atoms with E-state index in [4.69, 9.17) is 0 Å². The third kappa shape index (κ3) is 3.10. The topological polar surface area (TPSA) is 0 Å². The van der Waals surface area contributed by atoms with E-state index >= 15 is 0 Å². The third-order valence-electron chi connectivity index (χ3n) is 3.86. The Hall–Kier alpha value is -0.780. The molecule has 0 aromatic rings. The summed E-state index contributed by atoms with van der Waals surface area (Å²) in [6, 6.07) is 0. The first-order chi connectivity index (χ1) is 7.88. The fraction of sp³-hybridized carbons (Fsp3) is 0.625. The normalized spacial score (nSPS) is 22.8. The number of allylic oxidation sites excluding steroid dienone is 5. The highest BCUT2D eigenvalue weighted by Crippen LogP contribution is 2.31. The predicted molar refractivity (Wildman–Crippen MR) is 71.5 cm³/mol. The molecule has 0 atom stereocenters. The fourth-order valence-corrected chi connectivity index (χ4v) is 2.78. The standard InChI is InChI=1S/C16H24/c1-14(15-10-6-2-3-7-11-15)16-12-8-4-5-9-13-16/h10,12H,1-9,11,13H2. The van der Waals surface area contributed by atoms with Crippen LogP contribution in [-0.4, -0.2) is 0 Å². The minimum atomic E-state index is 1.26. The van der Waals surface area contributed by atoms with Crippen LogP contribution in [0.2, 0.25) is 0 Å². The minimum absolute atomic E-state index is 1.26. The monoisotopic (exact) mass is 216 g/mol. The van der Waals surface area contributed by atoms with Crippen LogP contribution in [0.4, 0.5) is 0 Å². The van der Waals surface area contributed by atoms with E-state index in [1.807, 2.05) is 0 Å². The molecule has 2 aliphatic rings. The Morgan fingerprint density at radius 2 is 1.25 bits per heavy atom. The van der Waals surface area contributed by atoms with Crippen molar-refractivity contribution in [1.29, 1.82) is 0 Å². The van der Waals surface area contributed by atoms with Gasteiger partial charge in [0.25, 0.3) is 0 Å². The summed E-state index contributed by atoms with van der Waals surface area (Å²) >= 11 is 0. The average molecular weight is 216 g/mol. The molecule has 0 fully saturated rings. The van der Waals surface area contributed by atoms with Crippen molar-refractivity contribution in [3.8, 4) is 0 Å². The van der Waals surface area contributed by atoms with Crippen molar-refractivity contribution in [1.82, 2.24) is 0 Å². The molecular formula is C16H24. The first kappa shape index (κ1) is 11.7. The highest BCUT2D eigenvalue weighted by Gasteiger charge is 2.11. The van der Waals surface area contributed by atoms with Gasteiger partial charge in [-0.15, -0.1) is 0 Å². The molecule has 0 spiro atoms. The van der Waals surface area contributed by atoms with Crippen LogP contribution in [0.25, 0.3) is 0 Å². The molecule has 0 nitrogen and oxygen atoms in total. The first-order valence-electron chi connectivity index (χ1n) is 6.95. The Kier molecular flexibility index (Phi) is 4.44. The Bertz CT molecular complexity index is 274. The van der Waals surface area contributed by atoms with Gasteiger partial charge in [0, 0.05) is 0 Å². The van der Waals surface area contributed by atoms with Crippen LogP contribution in [0.5, 0.6) is 0 Å². The molecule has 0 N–H and O–H groups in total. The van der Waals surface area contributed by atoms with Crippen molar-refractivity contribution in [3.05, 3.63) is 35.5 Å². The van der Waals surface area contributed by atoms with Gasteiger partial charge < -0.3 is 0 Å². The smallest absolute Gasteiger partial charge is 0.0271 e. The number of hydrogen-bond acceptors (Lipinski definition) is 0. The number of rotatable bonds is 2. The van der Waals surface area contributed by atoms with Gasteiger partial charge in [-0.1, -0.05) is 31.6 Å². The lowest BCUT2D eigenvalue weighted by molar-refractivity contribution is 0.707. The third-order valence-corrected chi connectivity index (χ3v) is 3.86. The summed E-state index contributed by atoms with van der Waals surface area (Å²) < 4.78 is 0. The van der Waals surface area contributed by atoms with E-state index < -0.39 is 0 Å². The van der Waals surface area contributed by atoms with Crippen molar-refractivity contribution >= 4 is 0 Å². The summed E-state index contributed by atoms with van der Waals surface area (Å²) in [4.78, 5) is 0. The molecule has 0 amide bonds. The highest BCUT2D eigenvalue weighted by molar-refractivity contribution is 5.45. The maximum Gasteiger partial charge on any atom is -0.0271 e. The molecule has 2 rings (SSSR count). The van der Waals surface area contributed by atoms with Crippen LogP contribution in [0.1, 0.15) is 64.2 Å². The van der Waals surface area contributed by atoms with Gasteiger partial charge >= 0.3 is 0 Å². The zero-order valence-electron chi connectivity index (χ0n) is 10.4. The molecular weight excluding hydrogens is 192 g/mol. The molecule has 2 aliphatic carbocycles. The van der Waals surface area contributed by atoms with Gasteiger partial charge in [0.1, 0.15) is 0 Å². The molecule has 0 saturated carbocycles. The van der Waals surface area contributed by atoms with Crippen molar-refractivity contribution in [2.45, 2.75) is 64.2 Å². The molecule has 16 heavy (non-hydrogen) atoms. The van der Waals surface area contributed by atoms with E-state index in [1.165, 1.54) is 69.8 Å². The average Bonchev–Trinajstić information content (AvgIpc) is 2.73. The maximum atomic E-state index is 4.35. The van der Waals surface area contributed by atoms with Gasteiger partial charge in [-0.3, -0.25) is 0 Å². The zero-order chi connectivity index (χ0) is 11.2. The van der Waals surface area contributed by atoms with Gasteiger partial charge in [-0.2, -0.15) is 0 Å². The van der Waals surface area contributed by atoms with Gasteiger partial charge in [-0.25, -0.2) is 0 Å². The SMILES string of the molecule is C=C(C1=CCCCCC1)C1=CCCCCC1. The lowest BCUT2D eigenvalue weighted by Crippen LogP contribution is -1.93. The van der Waals surface area contributed by atoms with Crippen LogP contribution < -0.4 is 0 Å². The number of hydrogen-bond donors (Lipinski definition) is 0. The highest BCUT2D eigenvalue weighted by atomic mass is 14.2. The largest absolute Gasteiger partial charge is 0.0912 e. The Balaban J connectivity index is 2.04. The lowest BCUT2D eigenvalue weighted by atomic mass is 9.93.